The third-order valence-electron chi connectivity index (χ3n) is 16.8. The van der Waals surface area contributed by atoms with Crippen molar-refractivity contribution in [2.24, 2.45) is 29.1 Å². The van der Waals surface area contributed by atoms with Crippen molar-refractivity contribution in [3.63, 3.8) is 0 Å². The normalized spacial score (nSPS) is 27.5. The van der Waals surface area contributed by atoms with Crippen molar-refractivity contribution in [1.82, 2.24) is 0 Å². The Kier molecular flexibility index (Phi) is 13.3. The van der Waals surface area contributed by atoms with Gasteiger partial charge in [-0.05, 0) is 170 Å². The molecule has 2 N–H and O–H groups in total. The highest BCUT2D eigenvalue weighted by Crippen LogP contribution is 2.61. The SMILES string of the molecule is C=C(/C=C/C1=C(OC2=CCC3C(=C2)CCC2C3CCC3(C)C(=O)CCC23)C(=C/C=C2/N(CCC[N+](C)(C)C)c3ccc(S(=O)(=O)O)cc3C2(C)C)/CCC1)C(C)(C)c1cc(S(=O)(=O)O)ccc1C. The fourth-order valence-electron chi connectivity index (χ4n) is 12.8. The molecule has 2 aromatic rings. The second-order valence-corrected chi connectivity index (χ2v) is 25.7. The van der Waals surface area contributed by atoms with Crippen molar-refractivity contribution in [2.75, 3.05) is 39.1 Å². The number of hydrogen-bond donors (Lipinski definition) is 2. The molecule has 0 spiro atoms. The van der Waals surface area contributed by atoms with Crippen LogP contribution in [0.3, 0.4) is 0 Å². The largest absolute Gasteiger partial charge is 0.457 e. The highest BCUT2D eigenvalue weighted by molar-refractivity contribution is 7.86. The molecule has 3 fully saturated rings. The van der Waals surface area contributed by atoms with E-state index in [9.17, 15) is 30.7 Å². The topological polar surface area (TPSA) is 138 Å². The molecule has 0 aromatic heterocycles. The smallest absolute Gasteiger partial charge is 0.294 e. The number of rotatable bonds is 13. The van der Waals surface area contributed by atoms with Crippen LogP contribution >= 0.6 is 0 Å². The lowest BCUT2D eigenvalue weighted by atomic mass is 9.52. The van der Waals surface area contributed by atoms with E-state index in [-0.39, 0.29) is 15.2 Å². The first-order valence-corrected chi connectivity index (χ1v) is 27.5. The standard InChI is InChI=1S/C56H72N2O8S2/c1-36-15-21-42(67(60,61)62)34-48(36)54(3,4)37(2)16-17-38-13-11-14-39(19-27-51-55(5,6)49-35-43(68(63,64)65)22-26-50(49)57(51)31-12-32-58(8,9)10)53(38)66-41-20-24-44-40(33-41)18-23-46-45(44)29-30-56(7)47(46)25-28-52(56)59/h15-17,19-22,26-27,33-35,44-47H,2,11-14,18,23-25,28-32H2,1,3-10H3,(H-,60,61,62,63,64,65)/p+1/b17-16+,39-19+,51-27+. The van der Waals surface area contributed by atoms with Crippen molar-refractivity contribution < 1.29 is 40.0 Å². The number of hydrogen-bond acceptors (Lipinski definition) is 7. The Morgan fingerprint density at radius 3 is 2.34 bits per heavy atom. The van der Waals surface area contributed by atoms with Gasteiger partial charge in [-0.1, -0.05) is 71.1 Å². The number of aryl methyl sites for hydroxylation is 1. The van der Waals surface area contributed by atoms with Gasteiger partial charge in [-0.25, -0.2) is 0 Å². The first kappa shape index (κ1) is 50.1. The molecule has 1 aliphatic heterocycles. The molecular weight excluding hydrogens is 893 g/mol. The maximum absolute atomic E-state index is 13.1. The molecule has 12 heteroatoms. The predicted molar refractivity (Wildman–Crippen MR) is 270 cm³/mol. The van der Waals surface area contributed by atoms with E-state index in [2.05, 4.69) is 83.8 Å². The van der Waals surface area contributed by atoms with E-state index in [4.69, 9.17) is 4.74 Å². The molecule has 3 saturated carbocycles. The Morgan fingerprint density at radius 1 is 0.926 bits per heavy atom. The minimum Gasteiger partial charge on any atom is -0.457 e. The van der Waals surface area contributed by atoms with Crippen molar-refractivity contribution >= 4 is 31.7 Å². The lowest BCUT2D eigenvalue weighted by molar-refractivity contribution is -0.870. The summed E-state index contributed by atoms with van der Waals surface area (Å²) in [7, 11) is -2.29. The van der Waals surface area contributed by atoms with Gasteiger partial charge in [0.1, 0.15) is 17.3 Å². The zero-order valence-corrected chi connectivity index (χ0v) is 43.3. The van der Waals surface area contributed by atoms with Crippen LogP contribution in [0.25, 0.3) is 0 Å². The monoisotopic (exact) mass is 965 g/mol. The van der Waals surface area contributed by atoms with Gasteiger partial charge in [0, 0.05) is 47.0 Å². The molecule has 5 aliphatic carbocycles. The van der Waals surface area contributed by atoms with Crippen LogP contribution in [0, 0.1) is 36.0 Å². The highest BCUT2D eigenvalue weighted by atomic mass is 32.2. The van der Waals surface area contributed by atoms with Crippen molar-refractivity contribution in [1.29, 1.82) is 0 Å². The quantitative estimate of drug-likeness (QED) is 0.114. The van der Waals surface area contributed by atoms with E-state index >= 15 is 0 Å². The second kappa shape index (κ2) is 18.1. The molecule has 2 aromatic carbocycles. The van der Waals surface area contributed by atoms with Crippen LogP contribution in [0.4, 0.5) is 5.69 Å². The van der Waals surface area contributed by atoms with Gasteiger partial charge in [0.15, 0.2) is 0 Å². The van der Waals surface area contributed by atoms with Crippen molar-refractivity contribution in [2.45, 2.75) is 133 Å². The van der Waals surface area contributed by atoms with Gasteiger partial charge in [0.25, 0.3) is 20.2 Å². The van der Waals surface area contributed by atoms with Crippen LogP contribution in [-0.4, -0.2) is 70.4 Å². The van der Waals surface area contributed by atoms with Gasteiger partial charge in [-0.15, -0.1) is 0 Å². The predicted octanol–water partition coefficient (Wildman–Crippen LogP) is 11.7. The maximum Gasteiger partial charge on any atom is 0.294 e. The summed E-state index contributed by atoms with van der Waals surface area (Å²) in [6.07, 6.45) is 23.2. The average Bonchev–Trinajstić information content (AvgIpc) is 3.68. The zero-order chi connectivity index (χ0) is 49.4. The summed E-state index contributed by atoms with van der Waals surface area (Å²) in [5.74, 6) is 4.24. The third kappa shape index (κ3) is 9.61. The van der Waals surface area contributed by atoms with Crippen molar-refractivity contribution in [3.05, 3.63) is 136 Å². The first-order valence-electron chi connectivity index (χ1n) is 24.6. The minimum atomic E-state index is -4.42. The van der Waals surface area contributed by atoms with E-state index < -0.39 is 31.1 Å². The number of allylic oxidation sites excluding steroid dienone is 11. The Labute approximate surface area is 406 Å². The van der Waals surface area contributed by atoms with Crippen LogP contribution in [0.2, 0.25) is 0 Å². The van der Waals surface area contributed by atoms with E-state index in [1.807, 2.05) is 32.9 Å². The first-order chi connectivity index (χ1) is 31.7. The van der Waals surface area contributed by atoms with Gasteiger partial charge in [0.2, 0.25) is 0 Å². The number of ketones is 1. The summed E-state index contributed by atoms with van der Waals surface area (Å²) in [5.41, 5.74) is 7.30. The highest BCUT2D eigenvalue weighted by Gasteiger charge is 2.56. The molecule has 1 heterocycles. The molecular formula is C56H73N2O8S2+. The molecule has 5 atom stereocenters. The van der Waals surface area contributed by atoms with Crippen molar-refractivity contribution in [3.8, 4) is 0 Å². The number of ether oxygens (including phenoxy) is 1. The molecule has 0 radical (unpaired) electrons. The fourth-order valence-corrected chi connectivity index (χ4v) is 13.8. The molecule has 5 unspecified atom stereocenters. The Hall–Kier alpha value is -4.33. The van der Waals surface area contributed by atoms with E-state index in [1.54, 1.807) is 12.1 Å². The summed E-state index contributed by atoms with van der Waals surface area (Å²) in [6.45, 7) is 18.6. The molecule has 0 amide bonds. The summed E-state index contributed by atoms with van der Waals surface area (Å²) in [5, 5.41) is 0. The summed E-state index contributed by atoms with van der Waals surface area (Å²) < 4.78 is 77.0. The third-order valence-corrected chi connectivity index (χ3v) is 18.5. The maximum atomic E-state index is 13.1. The Morgan fingerprint density at radius 2 is 1.63 bits per heavy atom. The average molecular weight is 966 g/mol. The molecule has 8 rings (SSSR count). The number of quaternary nitrogens is 1. The van der Waals surface area contributed by atoms with Gasteiger partial charge in [-0.2, -0.15) is 16.8 Å². The van der Waals surface area contributed by atoms with E-state index in [0.717, 1.165) is 145 Å². The van der Waals surface area contributed by atoms with Crippen LogP contribution in [0.15, 0.2) is 129 Å². The van der Waals surface area contributed by atoms with Crippen LogP contribution in [-0.2, 0) is 40.6 Å². The number of carbonyl (C=O) groups is 1. The fraction of sp³-hybridized carbons (Fsp3) is 0.518. The Balaban J connectivity index is 1.16. The number of fused-ring (bicyclic) bond motifs is 6. The Bertz CT molecular complexity index is 2830. The number of benzene rings is 2. The summed E-state index contributed by atoms with van der Waals surface area (Å²) >= 11 is 0. The minimum absolute atomic E-state index is 0.121. The van der Waals surface area contributed by atoms with Gasteiger partial charge in [0.05, 0.1) is 37.5 Å². The van der Waals surface area contributed by atoms with Crippen LogP contribution in [0.5, 0.6) is 0 Å². The number of carbonyl (C=O) groups excluding carboxylic acids is 1. The number of anilines is 1. The molecule has 68 heavy (non-hydrogen) atoms. The lowest BCUT2D eigenvalue weighted by Gasteiger charge is -2.51. The number of Topliss-reactive ketones (excluding diaryl/α,β-unsaturated/α-hetero) is 1. The van der Waals surface area contributed by atoms with Gasteiger partial charge in [-0.3, -0.25) is 13.9 Å². The van der Waals surface area contributed by atoms with Crippen LogP contribution in [0.1, 0.15) is 122 Å². The molecule has 366 valence electrons. The second-order valence-electron chi connectivity index (χ2n) is 22.8. The lowest BCUT2D eigenvalue weighted by Crippen LogP contribution is -2.46. The molecule has 0 bridgehead atoms. The van der Waals surface area contributed by atoms with Crippen LogP contribution < -0.4 is 4.90 Å². The molecule has 6 aliphatic rings. The van der Waals surface area contributed by atoms with E-state index in [0.29, 0.717) is 29.5 Å². The van der Waals surface area contributed by atoms with E-state index in [1.165, 1.54) is 23.8 Å². The van der Waals surface area contributed by atoms with Gasteiger partial charge < -0.3 is 14.1 Å². The molecule has 10 nitrogen and oxygen atoms in total. The van der Waals surface area contributed by atoms with Gasteiger partial charge >= 0.3 is 0 Å². The summed E-state index contributed by atoms with van der Waals surface area (Å²) in [6, 6.07) is 9.58. The zero-order valence-electron chi connectivity index (χ0n) is 41.7. The number of nitrogens with zero attached hydrogens (tertiary/aromatic N) is 2. The molecule has 0 saturated heterocycles. The summed E-state index contributed by atoms with van der Waals surface area (Å²) in [4.78, 5) is 15.1.